The van der Waals surface area contributed by atoms with Gasteiger partial charge in [-0.15, -0.1) is 0 Å². The van der Waals surface area contributed by atoms with Gasteiger partial charge in [0.15, 0.2) is 36.9 Å². The molecule has 176 valence electrons. The third kappa shape index (κ3) is 6.42. The van der Waals surface area contributed by atoms with E-state index in [4.69, 9.17) is 0 Å². The number of nitrogens with zero attached hydrogens (tertiary/aromatic N) is 2. The predicted octanol–water partition coefficient (Wildman–Crippen LogP) is -0.992. The average molecular weight is 469 g/mol. The van der Waals surface area contributed by atoms with Crippen LogP contribution < -0.4 is 25.4 Å². The molecule has 35 heavy (non-hydrogen) atoms. The first-order chi connectivity index (χ1) is 17.0. The van der Waals surface area contributed by atoms with E-state index in [-0.39, 0.29) is 0 Å². The van der Waals surface area contributed by atoms with Crippen LogP contribution in [0.3, 0.4) is 0 Å². The number of pyridine rings is 2. The number of hydrogen-bond donors (Lipinski definition) is 5. The van der Waals surface area contributed by atoms with Crippen molar-refractivity contribution >= 4 is 25.2 Å². The lowest BCUT2D eigenvalue weighted by molar-refractivity contribution is -0.697. The summed E-state index contributed by atoms with van der Waals surface area (Å²) in [5, 5.41) is 42.3. The molecule has 0 unspecified atom stereocenters. The molecule has 0 saturated heterocycles. The number of benzene rings is 2. The Morgan fingerprint density at radius 3 is 1.37 bits per heavy atom. The molecule has 0 aliphatic heterocycles. The topological polar surface area (TPSA) is 101 Å². The van der Waals surface area contributed by atoms with Gasteiger partial charge < -0.3 is 20.1 Å². The van der Waals surface area contributed by atoms with E-state index in [0.29, 0.717) is 37.1 Å². The number of aromatic nitrogens is 2. The molecule has 0 radical (unpaired) electrons. The minimum absolute atomic E-state index is 0.501. The fraction of sp³-hybridized carbons (Fsp3) is 0.154. The molecule has 4 aromatic rings. The molecule has 2 aromatic carbocycles. The molecule has 2 heterocycles. The molecule has 0 amide bonds. The molecule has 0 bridgehead atoms. The fourth-order valence-electron chi connectivity index (χ4n) is 4.20. The lowest BCUT2D eigenvalue weighted by atomic mass is 9.77. The Morgan fingerprint density at radius 2 is 0.943 bits per heavy atom. The largest absolute Gasteiger partial charge is 0.488 e. The quantitative estimate of drug-likeness (QED) is 0.152. The van der Waals surface area contributed by atoms with Crippen molar-refractivity contribution in [1.29, 1.82) is 0 Å². The maximum Gasteiger partial charge on any atom is 0.488 e. The minimum atomic E-state index is -1.51. The van der Waals surface area contributed by atoms with Crippen LogP contribution in [0.15, 0.2) is 97.3 Å². The van der Waals surface area contributed by atoms with Gasteiger partial charge >= 0.3 is 14.2 Å². The second-order valence-electron chi connectivity index (χ2n) is 8.39. The summed E-state index contributed by atoms with van der Waals surface area (Å²) in [4.78, 5) is 0. The fourth-order valence-corrected chi connectivity index (χ4v) is 4.20. The summed E-state index contributed by atoms with van der Waals surface area (Å²) in [6.07, 6.45) is 3.97. The molecule has 0 fully saturated rings. The second kappa shape index (κ2) is 11.9. The van der Waals surface area contributed by atoms with Crippen LogP contribution in [0.5, 0.6) is 0 Å². The highest BCUT2D eigenvalue weighted by molar-refractivity contribution is 6.59. The summed E-state index contributed by atoms with van der Waals surface area (Å²) >= 11 is 0. The van der Waals surface area contributed by atoms with Gasteiger partial charge in [0.2, 0.25) is 0 Å². The van der Waals surface area contributed by atoms with E-state index < -0.39 is 14.2 Å². The molecule has 0 aliphatic rings. The van der Waals surface area contributed by atoms with Gasteiger partial charge in [0.1, 0.15) is 0 Å². The Morgan fingerprint density at radius 1 is 0.543 bits per heavy atom. The molecule has 7 nitrogen and oxygen atoms in total. The highest BCUT2D eigenvalue weighted by Gasteiger charge is 2.21. The zero-order valence-electron chi connectivity index (χ0n) is 19.4. The Kier molecular flexibility index (Phi) is 8.41. The van der Waals surface area contributed by atoms with Gasteiger partial charge in [-0.3, -0.25) is 5.32 Å². The summed E-state index contributed by atoms with van der Waals surface area (Å²) in [5.74, 6) is 0. The first kappa shape index (κ1) is 24.8. The van der Waals surface area contributed by atoms with Crippen LogP contribution >= 0.6 is 0 Å². The lowest BCUT2D eigenvalue weighted by Gasteiger charge is -2.10. The van der Waals surface area contributed by atoms with Gasteiger partial charge in [-0.25, -0.2) is 0 Å². The van der Waals surface area contributed by atoms with E-state index in [1.807, 2.05) is 73.1 Å². The standard InChI is InChI=1S/C26H29B2N3O4/c32-27(33)25-13-3-1-9-21(25)19-30-15-7-5-11-23(30)17-29-18-24-12-6-8-16-31(24)20-22-10-2-4-14-26(22)28(34)35/h1-16,29,32-35H,17-20H2/q+2. The van der Waals surface area contributed by atoms with Gasteiger partial charge in [0, 0.05) is 35.4 Å². The third-order valence-corrected chi connectivity index (χ3v) is 6.03. The van der Waals surface area contributed by atoms with Crippen molar-refractivity contribution in [2.75, 3.05) is 0 Å². The van der Waals surface area contributed by atoms with Crippen molar-refractivity contribution in [2.45, 2.75) is 26.2 Å². The summed E-state index contributed by atoms with van der Waals surface area (Å²) in [7, 11) is -3.02. The first-order valence-electron chi connectivity index (χ1n) is 11.6. The molecule has 0 atom stereocenters. The zero-order valence-corrected chi connectivity index (χ0v) is 19.4. The molecular weight excluding hydrogens is 440 g/mol. The van der Waals surface area contributed by atoms with Crippen LogP contribution in [-0.2, 0) is 26.2 Å². The summed E-state index contributed by atoms with van der Waals surface area (Å²) < 4.78 is 4.18. The van der Waals surface area contributed by atoms with E-state index in [9.17, 15) is 20.1 Å². The van der Waals surface area contributed by atoms with E-state index in [1.54, 1.807) is 24.3 Å². The average Bonchev–Trinajstić information content (AvgIpc) is 2.86. The molecule has 9 heteroatoms. The van der Waals surface area contributed by atoms with Crippen LogP contribution in [0.1, 0.15) is 22.5 Å². The molecule has 5 N–H and O–H groups in total. The molecule has 2 aromatic heterocycles. The van der Waals surface area contributed by atoms with Gasteiger partial charge in [-0.1, -0.05) is 60.7 Å². The Hall–Kier alpha value is -3.33. The van der Waals surface area contributed by atoms with Gasteiger partial charge in [0.25, 0.3) is 0 Å². The van der Waals surface area contributed by atoms with Gasteiger partial charge in [-0.2, -0.15) is 9.13 Å². The molecule has 4 rings (SSSR count). The van der Waals surface area contributed by atoms with E-state index in [0.717, 1.165) is 22.5 Å². The Balaban J connectivity index is 1.46. The maximum absolute atomic E-state index is 9.70. The van der Waals surface area contributed by atoms with Crippen molar-refractivity contribution in [1.82, 2.24) is 5.32 Å². The molecular formula is C26H29B2N3O4+2. The number of hydrogen-bond acceptors (Lipinski definition) is 5. The third-order valence-electron chi connectivity index (χ3n) is 6.03. The molecule has 0 aliphatic carbocycles. The van der Waals surface area contributed by atoms with Crippen molar-refractivity contribution in [3.63, 3.8) is 0 Å². The predicted molar refractivity (Wildman–Crippen MR) is 135 cm³/mol. The Bertz CT molecular complexity index is 1170. The number of rotatable bonds is 10. The monoisotopic (exact) mass is 469 g/mol. The Labute approximate surface area is 205 Å². The summed E-state index contributed by atoms with van der Waals surface area (Å²) in [5.41, 5.74) is 4.83. The van der Waals surface area contributed by atoms with Crippen LogP contribution in [0, 0.1) is 0 Å². The molecule has 0 spiro atoms. The highest BCUT2D eigenvalue weighted by atomic mass is 16.4. The van der Waals surface area contributed by atoms with Gasteiger partial charge in [-0.05, 0) is 10.9 Å². The van der Waals surface area contributed by atoms with Crippen molar-refractivity contribution < 1.29 is 29.2 Å². The first-order valence-corrected chi connectivity index (χ1v) is 11.6. The van der Waals surface area contributed by atoms with E-state index in [2.05, 4.69) is 14.5 Å². The highest BCUT2D eigenvalue weighted by Crippen LogP contribution is 2.02. The normalized spacial score (nSPS) is 10.9. The van der Waals surface area contributed by atoms with Crippen LogP contribution in [0.2, 0.25) is 0 Å². The SMILES string of the molecule is OB(O)c1ccccc1C[n+]1ccccc1CNCc1cccc[n+]1Cc1ccccc1B(O)O. The summed E-state index contributed by atoms with van der Waals surface area (Å²) in [6.45, 7) is 2.28. The zero-order chi connectivity index (χ0) is 24.6. The smallest absolute Gasteiger partial charge is 0.423 e. The van der Waals surface area contributed by atoms with Crippen LogP contribution in [0.4, 0.5) is 0 Å². The minimum Gasteiger partial charge on any atom is -0.423 e. The second-order valence-corrected chi connectivity index (χ2v) is 8.39. The lowest BCUT2D eigenvalue weighted by Crippen LogP contribution is -2.45. The summed E-state index contributed by atoms with van der Waals surface area (Å²) in [6, 6.07) is 26.6. The van der Waals surface area contributed by atoms with Crippen molar-refractivity contribution in [2.24, 2.45) is 0 Å². The van der Waals surface area contributed by atoms with Crippen molar-refractivity contribution in [3.8, 4) is 0 Å². The van der Waals surface area contributed by atoms with Crippen LogP contribution in [-0.4, -0.2) is 34.3 Å². The maximum atomic E-state index is 9.70. The van der Waals surface area contributed by atoms with E-state index in [1.165, 1.54) is 0 Å². The number of nitrogens with one attached hydrogen (secondary N) is 1. The molecule has 0 saturated carbocycles. The van der Waals surface area contributed by atoms with Crippen molar-refractivity contribution in [3.05, 3.63) is 120 Å². The van der Waals surface area contributed by atoms with E-state index >= 15 is 0 Å². The van der Waals surface area contributed by atoms with Crippen LogP contribution in [0.25, 0.3) is 0 Å². The van der Waals surface area contributed by atoms with Gasteiger partial charge in [0.05, 0.1) is 13.1 Å².